The largest absolute Gasteiger partial charge is 0.444 e. The maximum Gasteiger partial charge on any atom is 0.411 e. The summed E-state index contributed by atoms with van der Waals surface area (Å²) in [7, 11) is 0. The number of ether oxygens (including phenoxy) is 1. The fourth-order valence-corrected chi connectivity index (χ4v) is 2.47. The predicted octanol–water partition coefficient (Wildman–Crippen LogP) is 3.69. The van der Waals surface area contributed by atoms with Gasteiger partial charge in [0, 0.05) is 5.56 Å². The van der Waals surface area contributed by atoms with E-state index in [2.05, 4.69) is 6.07 Å². The third-order valence-corrected chi connectivity index (χ3v) is 3.87. The minimum atomic E-state index is -0.708. The Balaban J connectivity index is 2.22. The highest BCUT2D eigenvalue weighted by atomic mass is 19.1. The molecule has 6 heteroatoms. The smallest absolute Gasteiger partial charge is 0.411 e. The van der Waals surface area contributed by atoms with Crippen LogP contribution in [0.2, 0.25) is 0 Å². The lowest BCUT2D eigenvalue weighted by atomic mass is 10.1. The summed E-state index contributed by atoms with van der Waals surface area (Å²) >= 11 is 0. The van der Waals surface area contributed by atoms with E-state index in [1.165, 1.54) is 23.1 Å². The summed E-state index contributed by atoms with van der Waals surface area (Å²) in [5.41, 5.74) is -1.17. The first-order chi connectivity index (χ1) is 11.2. The van der Waals surface area contributed by atoms with E-state index in [1.807, 2.05) is 0 Å². The molecule has 0 atom stereocenters. The van der Waals surface area contributed by atoms with E-state index >= 15 is 0 Å². The van der Waals surface area contributed by atoms with Crippen LogP contribution in [0.4, 0.5) is 9.18 Å². The van der Waals surface area contributed by atoms with Gasteiger partial charge in [-0.25, -0.2) is 9.18 Å². The van der Waals surface area contributed by atoms with Crippen LogP contribution in [-0.4, -0.2) is 34.5 Å². The van der Waals surface area contributed by atoms with E-state index in [0.29, 0.717) is 12.8 Å². The summed E-state index contributed by atoms with van der Waals surface area (Å²) in [4.78, 5) is 26.3. The average molecular weight is 332 g/mol. The zero-order chi connectivity index (χ0) is 18.0. The van der Waals surface area contributed by atoms with Crippen molar-refractivity contribution in [3.05, 3.63) is 35.6 Å². The third kappa shape index (κ3) is 4.31. The molecule has 1 aromatic carbocycles. The Bertz CT molecular complexity index is 684. The van der Waals surface area contributed by atoms with Crippen molar-refractivity contribution in [1.29, 1.82) is 5.26 Å². The second-order valence-electron chi connectivity index (χ2n) is 7.06. The van der Waals surface area contributed by atoms with Crippen LogP contribution in [0.25, 0.3) is 0 Å². The van der Waals surface area contributed by atoms with Crippen LogP contribution in [0, 0.1) is 17.1 Å². The Labute approximate surface area is 141 Å². The molecule has 1 amide bonds. The van der Waals surface area contributed by atoms with Gasteiger partial charge < -0.3 is 4.74 Å². The van der Waals surface area contributed by atoms with Gasteiger partial charge in [0.1, 0.15) is 11.4 Å². The quantitative estimate of drug-likeness (QED) is 0.771. The van der Waals surface area contributed by atoms with Crippen LogP contribution in [-0.2, 0) is 4.74 Å². The zero-order valence-electron chi connectivity index (χ0n) is 14.1. The highest BCUT2D eigenvalue weighted by Gasteiger charge is 2.51. The first-order valence-corrected chi connectivity index (χ1v) is 7.83. The van der Waals surface area contributed by atoms with Crippen LogP contribution < -0.4 is 0 Å². The van der Waals surface area contributed by atoms with Crippen LogP contribution in [0.1, 0.15) is 50.4 Å². The van der Waals surface area contributed by atoms with Crippen molar-refractivity contribution in [1.82, 2.24) is 4.90 Å². The van der Waals surface area contributed by atoms with Gasteiger partial charge >= 0.3 is 6.09 Å². The molecule has 0 bridgehead atoms. The van der Waals surface area contributed by atoms with Gasteiger partial charge in [-0.3, -0.25) is 9.69 Å². The minimum absolute atomic E-state index is 0.142. The number of carbonyl (C=O) groups excluding carboxylic acids is 2. The highest BCUT2D eigenvalue weighted by Crippen LogP contribution is 2.45. The van der Waals surface area contributed by atoms with Gasteiger partial charge in [0.05, 0.1) is 24.6 Å². The molecule has 1 fully saturated rings. The molecule has 1 aliphatic rings. The van der Waals surface area contributed by atoms with Gasteiger partial charge in [0.2, 0.25) is 0 Å². The van der Waals surface area contributed by atoms with Crippen molar-refractivity contribution in [3.63, 3.8) is 0 Å². The molecule has 0 saturated heterocycles. The van der Waals surface area contributed by atoms with E-state index in [0.717, 1.165) is 6.07 Å². The second-order valence-corrected chi connectivity index (χ2v) is 7.06. The number of carbonyl (C=O) groups is 2. The van der Waals surface area contributed by atoms with Gasteiger partial charge in [-0.2, -0.15) is 5.26 Å². The topological polar surface area (TPSA) is 70.4 Å². The summed E-state index contributed by atoms with van der Waals surface area (Å²) < 4.78 is 18.7. The maximum atomic E-state index is 13.3. The number of halogens is 1. The standard InChI is InChI=1S/C18H21FN2O3/c1-17(2,3)24-16(23)21(18(7-8-18)9-10-20)12-15(22)13-5-4-6-14(19)11-13/h4-6,11H,7-9,12H2,1-3H3. The first-order valence-electron chi connectivity index (χ1n) is 7.83. The third-order valence-electron chi connectivity index (χ3n) is 3.87. The fourth-order valence-electron chi connectivity index (χ4n) is 2.47. The molecule has 0 radical (unpaired) electrons. The molecule has 24 heavy (non-hydrogen) atoms. The number of hydrogen-bond acceptors (Lipinski definition) is 4. The molecule has 0 spiro atoms. The van der Waals surface area contributed by atoms with Crippen LogP contribution in [0.15, 0.2) is 24.3 Å². The van der Waals surface area contributed by atoms with E-state index in [1.54, 1.807) is 20.8 Å². The number of Topliss-reactive ketones (excluding diaryl/α,β-unsaturated/α-hetero) is 1. The number of nitriles is 1. The van der Waals surface area contributed by atoms with Gasteiger partial charge in [-0.1, -0.05) is 12.1 Å². The first kappa shape index (κ1) is 17.9. The van der Waals surface area contributed by atoms with Crippen molar-refractivity contribution in [2.45, 2.75) is 51.2 Å². The summed E-state index contributed by atoms with van der Waals surface area (Å²) in [6.45, 7) is 4.98. The molecule has 5 nitrogen and oxygen atoms in total. The second kappa shape index (κ2) is 6.60. The Morgan fingerprint density at radius 3 is 2.54 bits per heavy atom. The van der Waals surface area contributed by atoms with Crippen molar-refractivity contribution < 1.29 is 18.7 Å². The van der Waals surface area contributed by atoms with Gasteiger partial charge in [0.25, 0.3) is 0 Å². The van der Waals surface area contributed by atoms with E-state index < -0.39 is 23.1 Å². The van der Waals surface area contributed by atoms with Gasteiger partial charge in [-0.05, 0) is 45.7 Å². The summed E-state index contributed by atoms with van der Waals surface area (Å²) in [5, 5.41) is 9.03. The Morgan fingerprint density at radius 1 is 1.38 bits per heavy atom. The van der Waals surface area contributed by atoms with Gasteiger partial charge in [-0.15, -0.1) is 0 Å². The number of ketones is 1. The van der Waals surface area contributed by atoms with Crippen molar-refractivity contribution >= 4 is 11.9 Å². The van der Waals surface area contributed by atoms with E-state index in [-0.39, 0.29) is 24.3 Å². The molecule has 1 saturated carbocycles. The predicted molar refractivity (Wildman–Crippen MR) is 85.9 cm³/mol. The molecule has 0 aromatic heterocycles. The molecular weight excluding hydrogens is 311 g/mol. The zero-order valence-corrected chi connectivity index (χ0v) is 14.1. The SMILES string of the molecule is CC(C)(C)OC(=O)N(CC(=O)c1cccc(F)c1)C1(CC#N)CC1. The lowest BCUT2D eigenvalue weighted by molar-refractivity contribution is 0.0135. The lowest BCUT2D eigenvalue weighted by Crippen LogP contribution is -2.47. The molecule has 1 aromatic rings. The van der Waals surface area contributed by atoms with E-state index in [9.17, 15) is 14.0 Å². The Kier molecular flexibility index (Phi) is 4.93. The average Bonchev–Trinajstić information content (AvgIpc) is 3.23. The molecule has 1 aliphatic carbocycles. The highest BCUT2D eigenvalue weighted by molar-refractivity contribution is 5.99. The summed E-state index contributed by atoms with van der Waals surface area (Å²) in [5.74, 6) is -0.896. The number of amides is 1. The van der Waals surface area contributed by atoms with Crippen LogP contribution in [0.3, 0.4) is 0 Å². The van der Waals surface area contributed by atoms with Crippen LogP contribution in [0.5, 0.6) is 0 Å². The molecule has 2 rings (SSSR count). The minimum Gasteiger partial charge on any atom is -0.444 e. The molecule has 0 unspecified atom stereocenters. The maximum absolute atomic E-state index is 13.3. The normalized spacial score (nSPS) is 15.3. The summed E-state index contributed by atoms with van der Waals surface area (Å²) in [6, 6.07) is 7.41. The Morgan fingerprint density at radius 2 is 2.04 bits per heavy atom. The van der Waals surface area contributed by atoms with Crippen molar-refractivity contribution in [2.24, 2.45) is 0 Å². The number of rotatable bonds is 5. The molecule has 0 N–H and O–H groups in total. The monoisotopic (exact) mass is 332 g/mol. The molecule has 128 valence electrons. The molecular formula is C18H21FN2O3. The molecule has 0 aliphatic heterocycles. The Hall–Kier alpha value is -2.42. The van der Waals surface area contributed by atoms with Gasteiger partial charge in [0.15, 0.2) is 5.78 Å². The number of nitrogens with zero attached hydrogens (tertiary/aromatic N) is 2. The van der Waals surface area contributed by atoms with Crippen molar-refractivity contribution in [2.75, 3.05) is 6.54 Å². The molecule has 0 heterocycles. The number of hydrogen-bond donors (Lipinski definition) is 0. The summed E-state index contributed by atoms with van der Waals surface area (Å²) in [6.07, 6.45) is 0.815. The lowest BCUT2D eigenvalue weighted by Gasteiger charge is -2.32. The number of benzene rings is 1. The fraction of sp³-hybridized carbons (Fsp3) is 0.500. The van der Waals surface area contributed by atoms with Crippen LogP contribution >= 0.6 is 0 Å². The van der Waals surface area contributed by atoms with Crippen molar-refractivity contribution in [3.8, 4) is 6.07 Å². The van der Waals surface area contributed by atoms with E-state index in [4.69, 9.17) is 10.00 Å².